The van der Waals surface area contributed by atoms with Crippen LogP contribution in [0.1, 0.15) is 44.9 Å². The minimum atomic E-state index is 0.0427. The van der Waals surface area contributed by atoms with Crippen molar-refractivity contribution in [2.75, 3.05) is 32.2 Å². The molecule has 1 N–H and O–H groups in total. The molecule has 1 heterocycles. The Balaban J connectivity index is 1.53. The summed E-state index contributed by atoms with van der Waals surface area (Å²) in [7, 11) is 1.65. The lowest BCUT2D eigenvalue weighted by Gasteiger charge is -2.34. The first kappa shape index (κ1) is 18.1. The second-order valence-corrected chi connectivity index (χ2v) is 7.10. The summed E-state index contributed by atoms with van der Waals surface area (Å²) in [4.78, 5) is 14.8. The van der Waals surface area contributed by atoms with E-state index in [0.717, 1.165) is 30.8 Å². The predicted octanol–water partition coefficient (Wildman–Crippen LogP) is 4.29. The normalized spacial score (nSPS) is 21.3. The van der Waals surface area contributed by atoms with E-state index in [0.29, 0.717) is 25.2 Å². The Hall–Kier alpha value is -1.75. The Labute approximate surface area is 150 Å². The van der Waals surface area contributed by atoms with Gasteiger partial charge < -0.3 is 19.7 Å². The van der Waals surface area contributed by atoms with E-state index in [1.54, 1.807) is 7.11 Å². The molecular weight excluding hydrogens is 316 g/mol. The van der Waals surface area contributed by atoms with Crippen LogP contribution in [-0.2, 0) is 4.74 Å². The number of benzene rings is 1. The third-order valence-corrected chi connectivity index (χ3v) is 5.42. The molecular formula is C20H30N2O3. The molecule has 5 nitrogen and oxygen atoms in total. The molecule has 1 unspecified atom stereocenters. The van der Waals surface area contributed by atoms with Gasteiger partial charge >= 0.3 is 6.03 Å². The molecule has 2 aliphatic rings. The zero-order valence-electron chi connectivity index (χ0n) is 15.2. The molecule has 1 atom stereocenters. The number of urea groups is 1. The molecule has 0 aromatic heterocycles. The fourth-order valence-electron chi connectivity index (χ4n) is 4.13. The van der Waals surface area contributed by atoms with Crippen molar-refractivity contribution in [1.82, 2.24) is 4.90 Å². The molecule has 1 aliphatic heterocycles. The van der Waals surface area contributed by atoms with Crippen LogP contribution in [0, 0.1) is 5.92 Å². The van der Waals surface area contributed by atoms with Crippen LogP contribution in [0.2, 0.25) is 0 Å². The Kier molecular flexibility index (Phi) is 6.56. The van der Waals surface area contributed by atoms with Crippen molar-refractivity contribution >= 4 is 11.7 Å². The lowest BCUT2D eigenvalue weighted by atomic mass is 9.83. The van der Waals surface area contributed by atoms with E-state index in [1.165, 1.54) is 32.1 Å². The van der Waals surface area contributed by atoms with Gasteiger partial charge in [-0.15, -0.1) is 0 Å². The van der Waals surface area contributed by atoms with E-state index >= 15 is 0 Å². The molecule has 25 heavy (non-hydrogen) atoms. The molecule has 1 saturated carbocycles. The van der Waals surface area contributed by atoms with E-state index in [2.05, 4.69) is 10.2 Å². The van der Waals surface area contributed by atoms with Crippen molar-refractivity contribution in [2.24, 2.45) is 5.92 Å². The largest absolute Gasteiger partial charge is 0.491 e. The molecule has 0 radical (unpaired) electrons. The van der Waals surface area contributed by atoms with Crippen LogP contribution in [0.15, 0.2) is 24.3 Å². The van der Waals surface area contributed by atoms with Crippen LogP contribution in [-0.4, -0.2) is 43.8 Å². The van der Waals surface area contributed by atoms with E-state index in [1.807, 2.05) is 24.3 Å². The highest BCUT2D eigenvalue weighted by Gasteiger charge is 2.35. The number of hydrogen-bond acceptors (Lipinski definition) is 3. The van der Waals surface area contributed by atoms with Crippen molar-refractivity contribution in [2.45, 2.75) is 51.0 Å². The highest BCUT2D eigenvalue weighted by atomic mass is 16.5. The van der Waals surface area contributed by atoms with Crippen LogP contribution < -0.4 is 10.1 Å². The van der Waals surface area contributed by atoms with Gasteiger partial charge in [0.25, 0.3) is 0 Å². The zero-order valence-corrected chi connectivity index (χ0v) is 15.2. The number of rotatable bonds is 6. The molecule has 0 bridgehead atoms. The third-order valence-electron chi connectivity index (χ3n) is 5.42. The second kappa shape index (κ2) is 9.09. The maximum absolute atomic E-state index is 12.7. The summed E-state index contributed by atoms with van der Waals surface area (Å²) < 4.78 is 10.5. The third kappa shape index (κ3) is 4.88. The number of carbonyl (C=O) groups is 1. The number of likely N-dealkylation sites (tertiary alicyclic amines) is 1. The number of methoxy groups -OCH3 is 1. The second-order valence-electron chi connectivity index (χ2n) is 7.10. The molecule has 1 aromatic rings. The molecule has 2 fully saturated rings. The summed E-state index contributed by atoms with van der Waals surface area (Å²) in [5, 5.41) is 3.05. The summed E-state index contributed by atoms with van der Waals surface area (Å²) in [5.41, 5.74) is 0.818. The van der Waals surface area contributed by atoms with Gasteiger partial charge in [-0.1, -0.05) is 19.3 Å². The summed E-state index contributed by atoms with van der Waals surface area (Å²) in [6, 6.07) is 8.03. The highest BCUT2D eigenvalue weighted by molar-refractivity contribution is 5.89. The minimum Gasteiger partial charge on any atom is -0.491 e. The number of hydrogen-bond donors (Lipinski definition) is 1. The van der Waals surface area contributed by atoms with Crippen LogP contribution in [0.5, 0.6) is 5.75 Å². The van der Waals surface area contributed by atoms with Crippen LogP contribution in [0.3, 0.4) is 0 Å². The van der Waals surface area contributed by atoms with Crippen molar-refractivity contribution in [1.29, 1.82) is 0 Å². The van der Waals surface area contributed by atoms with Gasteiger partial charge in [0.1, 0.15) is 12.4 Å². The van der Waals surface area contributed by atoms with Crippen molar-refractivity contribution < 1.29 is 14.3 Å². The van der Waals surface area contributed by atoms with Gasteiger partial charge in [0.15, 0.2) is 0 Å². The van der Waals surface area contributed by atoms with Crippen molar-refractivity contribution in [3.8, 4) is 5.75 Å². The van der Waals surface area contributed by atoms with Gasteiger partial charge in [-0.25, -0.2) is 4.79 Å². The van der Waals surface area contributed by atoms with Crippen LogP contribution in [0.25, 0.3) is 0 Å². The predicted molar refractivity (Wildman–Crippen MR) is 99.1 cm³/mol. The van der Waals surface area contributed by atoms with Crippen LogP contribution >= 0.6 is 0 Å². The van der Waals surface area contributed by atoms with E-state index < -0.39 is 0 Å². The number of ether oxygens (including phenoxy) is 2. The fraction of sp³-hybridized carbons (Fsp3) is 0.650. The minimum absolute atomic E-state index is 0.0427. The summed E-state index contributed by atoms with van der Waals surface area (Å²) in [5.74, 6) is 1.48. The molecule has 2 amide bonds. The number of anilines is 1. The molecule has 1 aromatic carbocycles. The standard InChI is InChI=1S/C20H30N2O3/c1-24-14-15-25-18-11-9-17(10-12-18)21-20(23)22-13-5-8-19(22)16-6-3-2-4-7-16/h9-12,16,19H,2-8,13-15H2,1H3,(H,21,23). The summed E-state index contributed by atoms with van der Waals surface area (Å²) in [6.45, 7) is 1.97. The Bertz CT molecular complexity index is 540. The Morgan fingerprint density at radius 3 is 2.56 bits per heavy atom. The van der Waals surface area contributed by atoms with Gasteiger partial charge in [0, 0.05) is 25.4 Å². The molecule has 1 saturated heterocycles. The average molecular weight is 346 g/mol. The molecule has 5 heteroatoms. The van der Waals surface area contributed by atoms with Crippen molar-refractivity contribution in [3.05, 3.63) is 24.3 Å². The average Bonchev–Trinajstić information content (AvgIpc) is 3.14. The van der Waals surface area contributed by atoms with Gasteiger partial charge in [-0.2, -0.15) is 0 Å². The van der Waals surface area contributed by atoms with Gasteiger partial charge in [-0.3, -0.25) is 0 Å². The number of amides is 2. The number of carbonyl (C=O) groups excluding carboxylic acids is 1. The summed E-state index contributed by atoms with van der Waals surface area (Å²) >= 11 is 0. The maximum atomic E-state index is 12.7. The highest BCUT2D eigenvalue weighted by Crippen LogP contribution is 2.34. The quantitative estimate of drug-likeness (QED) is 0.782. The smallest absolute Gasteiger partial charge is 0.322 e. The number of nitrogens with zero attached hydrogens (tertiary/aromatic N) is 1. The summed E-state index contributed by atoms with van der Waals surface area (Å²) in [6.07, 6.45) is 8.84. The Morgan fingerprint density at radius 1 is 1.08 bits per heavy atom. The zero-order chi connectivity index (χ0) is 17.5. The first-order valence-electron chi connectivity index (χ1n) is 9.57. The first-order valence-corrected chi connectivity index (χ1v) is 9.57. The van der Waals surface area contributed by atoms with E-state index in [9.17, 15) is 4.79 Å². The van der Waals surface area contributed by atoms with Gasteiger partial charge in [0.05, 0.1) is 6.61 Å². The molecule has 138 valence electrons. The van der Waals surface area contributed by atoms with Crippen molar-refractivity contribution in [3.63, 3.8) is 0 Å². The number of nitrogens with one attached hydrogen (secondary N) is 1. The molecule has 3 rings (SSSR count). The van der Waals surface area contributed by atoms with E-state index in [4.69, 9.17) is 9.47 Å². The SMILES string of the molecule is COCCOc1ccc(NC(=O)N2CCCC2C2CCCCC2)cc1. The van der Waals surface area contributed by atoms with Crippen LogP contribution in [0.4, 0.5) is 10.5 Å². The monoisotopic (exact) mass is 346 g/mol. The van der Waals surface area contributed by atoms with Gasteiger partial charge in [-0.05, 0) is 55.9 Å². The lowest BCUT2D eigenvalue weighted by Crippen LogP contribution is -2.43. The maximum Gasteiger partial charge on any atom is 0.322 e. The Morgan fingerprint density at radius 2 is 1.84 bits per heavy atom. The molecule has 0 spiro atoms. The van der Waals surface area contributed by atoms with Gasteiger partial charge in [0.2, 0.25) is 0 Å². The topological polar surface area (TPSA) is 50.8 Å². The fourth-order valence-corrected chi connectivity index (χ4v) is 4.13. The first-order chi connectivity index (χ1) is 12.3. The lowest BCUT2D eigenvalue weighted by molar-refractivity contribution is 0.146. The molecule has 1 aliphatic carbocycles. The van der Waals surface area contributed by atoms with E-state index in [-0.39, 0.29) is 6.03 Å².